The molecule has 0 saturated carbocycles. The highest BCUT2D eigenvalue weighted by Crippen LogP contribution is 2.29. The number of amides is 1. The van der Waals surface area contributed by atoms with E-state index in [1.165, 1.54) is 11.1 Å². The lowest BCUT2D eigenvalue weighted by Gasteiger charge is -2.39. The molecular weight excluding hydrogens is 334 g/mol. The minimum atomic E-state index is -0.0175. The van der Waals surface area contributed by atoms with Gasteiger partial charge in [-0.1, -0.05) is 41.4 Å². The molecule has 3 aromatic rings. The molecule has 0 N–H and O–H groups in total. The number of hydrogen-bond acceptors (Lipinski definition) is 2. The normalized spacial score (nSPS) is 14.4. The molecule has 1 amide bonds. The molecule has 1 saturated heterocycles. The summed E-state index contributed by atoms with van der Waals surface area (Å²) < 4.78 is 1.74. The van der Waals surface area contributed by atoms with E-state index in [0.29, 0.717) is 11.6 Å². The number of carbonyl (C=O) groups is 1. The fourth-order valence-electron chi connectivity index (χ4n) is 3.03. The molecule has 0 aliphatic carbocycles. The van der Waals surface area contributed by atoms with Crippen molar-refractivity contribution in [3.63, 3.8) is 0 Å². The molecule has 0 radical (unpaired) electrons. The summed E-state index contributed by atoms with van der Waals surface area (Å²) in [6.07, 6.45) is 1.83. The number of aryl methyl sites for hydroxylation is 1. The van der Waals surface area contributed by atoms with Crippen LogP contribution in [0.15, 0.2) is 60.8 Å². The van der Waals surface area contributed by atoms with E-state index < -0.39 is 0 Å². The maximum absolute atomic E-state index is 12.6. The fraction of sp³-hybridized carbons (Fsp3) is 0.200. The van der Waals surface area contributed by atoms with Gasteiger partial charge < -0.3 is 4.90 Å². The molecule has 4 rings (SSSR count). The third-order valence-electron chi connectivity index (χ3n) is 4.62. The molecule has 4 nitrogen and oxygen atoms in total. The minimum absolute atomic E-state index is 0.0175. The van der Waals surface area contributed by atoms with Gasteiger partial charge in [-0.2, -0.15) is 5.10 Å². The molecule has 0 bridgehead atoms. The Morgan fingerprint density at radius 2 is 1.72 bits per heavy atom. The Morgan fingerprint density at radius 3 is 2.40 bits per heavy atom. The van der Waals surface area contributed by atoms with E-state index in [0.717, 1.165) is 23.8 Å². The Bertz CT molecular complexity index is 893. The minimum Gasteiger partial charge on any atom is -0.336 e. The highest BCUT2D eigenvalue weighted by molar-refractivity contribution is 6.30. The van der Waals surface area contributed by atoms with Crippen LogP contribution in [-0.2, 0) is 0 Å². The number of likely N-dealkylation sites (tertiary alicyclic amines) is 1. The first kappa shape index (κ1) is 15.9. The van der Waals surface area contributed by atoms with Gasteiger partial charge in [-0.3, -0.25) is 4.79 Å². The number of benzene rings is 2. The highest BCUT2D eigenvalue weighted by atomic mass is 35.5. The number of hydrogen-bond donors (Lipinski definition) is 0. The Balaban J connectivity index is 1.42. The summed E-state index contributed by atoms with van der Waals surface area (Å²) in [6, 6.07) is 17.7. The van der Waals surface area contributed by atoms with Gasteiger partial charge in [-0.05, 0) is 42.8 Å². The lowest BCUT2D eigenvalue weighted by Crippen LogP contribution is -2.48. The smallest absolute Gasteiger partial charge is 0.274 e. The molecular formula is C20H18ClN3O. The Morgan fingerprint density at radius 1 is 1.04 bits per heavy atom. The van der Waals surface area contributed by atoms with Gasteiger partial charge in [-0.15, -0.1) is 0 Å². The molecule has 1 aliphatic rings. The lowest BCUT2D eigenvalue weighted by molar-refractivity contribution is 0.0595. The van der Waals surface area contributed by atoms with Crippen LogP contribution in [0.5, 0.6) is 0 Å². The second-order valence-electron chi connectivity index (χ2n) is 6.44. The topological polar surface area (TPSA) is 38.1 Å². The Kier molecular flexibility index (Phi) is 4.06. The third-order valence-corrected chi connectivity index (χ3v) is 4.87. The van der Waals surface area contributed by atoms with E-state index in [2.05, 4.69) is 5.10 Å². The molecule has 2 aromatic carbocycles. The van der Waals surface area contributed by atoms with Crippen molar-refractivity contribution in [3.8, 4) is 5.69 Å². The lowest BCUT2D eigenvalue weighted by atomic mass is 9.91. The number of rotatable bonds is 3. The van der Waals surface area contributed by atoms with Crippen LogP contribution in [0.3, 0.4) is 0 Å². The van der Waals surface area contributed by atoms with E-state index in [-0.39, 0.29) is 5.91 Å². The van der Waals surface area contributed by atoms with Crippen LogP contribution in [0, 0.1) is 6.92 Å². The molecule has 2 heterocycles. The maximum atomic E-state index is 12.6. The molecule has 126 valence electrons. The van der Waals surface area contributed by atoms with Crippen molar-refractivity contribution < 1.29 is 4.79 Å². The summed E-state index contributed by atoms with van der Waals surface area (Å²) in [5.74, 6) is 0.358. The summed E-state index contributed by atoms with van der Waals surface area (Å²) in [6.45, 7) is 3.48. The molecule has 1 aliphatic heterocycles. The van der Waals surface area contributed by atoms with Crippen molar-refractivity contribution in [1.82, 2.24) is 14.7 Å². The average molecular weight is 352 g/mol. The van der Waals surface area contributed by atoms with Crippen LogP contribution in [0.1, 0.15) is 27.5 Å². The predicted octanol–water partition coefficient (Wildman–Crippen LogP) is 4.07. The zero-order chi connectivity index (χ0) is 17.4. The van der Waals surface area contributed by atoms with Crippen molar-refractivity contribution >= 4 is 17.5 Å². The van der Waals surface area contributed by atoms with Crippen molar-refractivity contribution in [3.05, 3.63) is 82.6 Å². The number of halogens is 1. The quantitative estimate of drug-likeness (QED) is 0.713. The monoisotopic (exact) mass is 351 g/mol. The first-order valence-electron chi connectivity index (χ1n) is 8.27. The second kappa shape index (κ2) is 6.37. The van der Waals surface area contributed by atoms with Crippen LogP contribution >= 0.6 is 11.6 Å². The van der Waals surface area contributed by atoms with Crippen molar-refractivity contribution in [2.24, 2.45) is 0 Å². The van der Waals surface area contributed by atoms with Crippen LogP contribution < -0.4 is 0 Å². The maximum Gasteiger partial charge on any atom is 0.274 e. The van der Waals surface area contributed by atoms with Gasteiger partial charge in [0.05, 0.1) is 5.69 Å². The van der Waals surface area contributed by atoms with Crippen molar-refractivity contribution in [2.75, 3.05) is 13.1 Å². The Labute approximate surface area is 151 Å². The van der Waals surface area contributed by atoms with Crippen LogP contribution in [0.2, 0.25) is 5.02 Å². The SMILES string of the molecule is Cc1ccc(-n2ccc(C(=O)N3CC(c4ccc(Cl)cc4)C3)n2)cc1. The van der Waals surface area contributed by atoms with Crippen molar-refractivity contribution in [2.45, 2.75) is 12.8 Å². The van der Waals surface area contributed by atoms with Gasteiger partial charge in [0.25, 0.3) is 5.91 Å². The van der Waals surface area contributed by atoms with Crippen LogP contribution in [-0.4, -0.2) is 33.7 Å². The molecule has 5 heteroatoms. The van der Waals surface area contributed by atoms with Crippen LogP contribution in [0.25, 0.3) is 5.69 Å². The first-order valence-corrected chi connectivity index (χ1v) is 8.65. The fourth-order valence-corrected chi connectivity index (χ4v) is 3.16. The summed E-state index contributed by atoms with van der Waals surface area (Å²) in [7, 11) is 0. The predicted molar refractivity (Wildman–Crippen MR) is 98.4 cm³/mol. The molecule has 0 unspecified atom stereocenters. The molecule has 0 atom stereocenters. The first-order chi connectivity index (χ1) is 12.1. The standard InChI is InChI=1S/C20H18ClN3O/c1-14-2-8-18(9-3-14)24-11-10-19(22-24)20(25)23-12-16(13-23)15-4-6-17(21)7-5-15/h2-11,16H,12-13H2,1H3. The van der Waals surface area contributed by atoms with Crippen LogP contribution in [0.4, 0.5) is 0 Å². The Hall–Kier alpha value is -2.59. The highest BCUT2D eigenvalue weighted by Gasteiger charge is 2.33. The van der Waals surface area contributed by atoms with Gasteiger partial charge >= 0.3 is 0 Å². The van der Waals surface area contributed by atoms with E-state index in [1.807, 2.05) is 66.6 Å². The number of aromatic nitrogens is 2. The summed E-state index contributed by atoms with van der Waals surface area (Å²) in [5.41, 5.74) is 3.85. The van der Waals surface area contributed by atoms with Gasteiger partial charge in [0.2, 0.25) is 0 Å². The van der Waals surface area contributed by atoms with E-state index in [1.54, 1.807) is 10.7 Å². The van der Waals surface area contributed by atoms with E-state index >= 15 is 0 Å². The summed E-state index contributed by atoms with van der Waals surface area (Å²) in [4.78, 5) is 14.4. The zero-order valence-electron chi connectivity index (χ0n) is 13.9. The molecule has 25 heavy (non-hydrogen) atoms. The summed E-state index contributed by atoms with van der Waals surface area (Å²) in [5, 5.41) is 5.16. The van der Waals surface area contributed by atoms with Gasteiger partial charge in [0.15, 0.2) is 5.69 Å². The molecule has 0 spiro atoms. The summed E-state index contributed by atoms with van der Waals surface area (Å²) >= 11 is 5.92. The van der Waals surface area contributed by atoms with Crippen molar-refractivity contribution in [1.29, 1.82) is 0 Å². The van der Waals surface area contributed by atoms with Gasteiger partial charge in [0, 0.05) is 30.2 Å². The molecule has 1 aromatic heterocycles. The second-order valence-corrected chi connectivity index (χ2v) is 6.88. The largest absolute Gasteiger partial charge is 0.336 e. The third kappa shape index (κ3) is 3.17. The van der Waals surface area contributed by atoms with Gasteiger partial charge in [0.1, 0.15) is 0 Å². The number of carbonyl (C=O) groups excluding carboxylic acids is 1. The van der Waals surface area contributed by atoms with E-state index in [4.69, 9.17) is 11.6 Å². The van der Waals surface area contributed by atoms with Gasteiger partial charge in [-0.25, -0.2) is 4.68 Å². The van der Waals surface area contributed by atoms with E-state index in [9.17, 15) is 4.79 Å². The molecule has 1 fully saturated rings. The average Bonchev–Trinajstić information content (AvgIpc) is 3.06. The zero-order valence-corrected chi connectivity index (χ0v) is 14.6. The number of nitrogens with zero attached hydrogens (tertiary/aromatic N) is 3.